The second kappa shape index (κ2) is 3.80. The van der Waals surface area contributed by atoms with Gasteiger partial charge in [-0.15, -0.1) is 0 Å². The van der Waals surface area contributed by atoms with Crippen LogP contribution in [0.4, 0.5) is 4.39 Å². The first-order valence-electron chi connectivity index (χ1n) is 4.63. The molecule has 0 fully saturated rings. The van der Waals surface area contributed by atoms with Crippen LogP contribution in [0, 0.1) is 5.82 Å². The standard InChI is InChI=1S/C11H12FNO/c12-10-4-3-8-5-7-14-11(8)9(10)2-1-6-13/h1-4H,5-7,13H2/b2-1+. The molecule has 2 rings (SSSR count). The number of halogens is 1. The minimum atomic E-state index is -0.254. The van der Waals surface area contributed by atoms with Crippen LogP contribution in [0.3, 0.4) is 0 Å². The number of hydrogen-bond acceptors (Lipinski definition) is 2. The lowest BCUT2D eigenvalue weighted by molar-refractivity contribution is 0.354. The fourth-order valence-corrected chi connectivity index (χ4v) is 1.59. The largest absolute Gasteiger partial charge is 0.492 e. The maximum Gasteiger partial charge on any atom is 0.134 e. The van der Waals surface area contributed by atoms with E-state index in [1.165, 1.54) is 6.07 Å². The number of benzene rings is 1. The predicted molar refractivity (Wildman–Crippen MR) is 53.7 cm³/mol. The van der Waals surface area contributed by atoms with E-state index in [0.29, 0.717) is 24.5 Å². The van der Waals surface area contributed by atoms with E-state index in [-0.39, 0.29) is 5.82 Å². The summed E-state index contributed by atoms with van der Waals surface area (Å²) in [6.45, 7) is 1.05. The zero-order valence-electron chi connectivity index (χ0n) is 7.79. The van der Waals surface area contributed by atoms with Gasteiger partial charge in [0.2, 0.25) is 0 Å². The Morgan fingerprint density at radius 3 is 3.14 bits per heavy atom. The Morgan fingerprint density at radius 1 is 1.50 bits per heavy atom. The molecule has 0 radical (unpaired) electrons. The van der Waals surface area contributed by atoms with Crippen molar-refractivity contribution >= 4 is 6.08 Å². The third-order valence-corrected chi connectivity index (χ3v) is 2.26. The second-order valence-corrected chi connectivity index (χ2v) is 3.19. The van der Waals surface area contributed by atoms with Gasteiger partial charge in [-0.3, -0.25) is 0 Å². The van der Waals surface area contributed by atoms with E-state index in [9.17, 15) is 4.39 Å². The van der Waals surface area contributed by atoms with E-state index in [2.05, 4.69) is 0 Å². The first-order valence-corrected chi connectivity index (χ1v) is 4.63. The van der Waals surface area contributed by atoms with Crippen molar-refractivity contribution in [3.05, 3.63) is 35.2 Å². The predicted octanol–water partition coefficient (Wildman–Crippen LogP) is 1.73. The van der Waals surface area contributed by atoms with Crippen LogP contribution in [0.25, 0.3) is 6.08 Å². The zero-order chi connectivity index (χ0) is 9.97. The molecule has 0 atom stereocenters. The van der Waals surface area contributed by atoms with E-state index >= 15 is 0 Å². The molecule has 0 saturated carbocycles. The van der Waals surface area contributed by atoms with Gasteiger partial charge < -0.3 is 10.5 Å². The lowest BCUT2D eigenvalue weighted by Gasteiger charge is -2.04. The molecule has 74 valence electrons. The first kappa shape index (κ1) is 9.21. The quantitative estimate of drug-likeness (QED) is 0.776. The van der Waals surface area contributed by atoms with Gasteiger partial charge in [0, 0.05) is 13.0 Å². The molecule has 0 unspecified atom stereocenters. The Labute approximate surface area is 82.2 Å². The summed E-state index contributed by atoms with van der Waals surface area (Å²) in [5.74, 6) is 0.421. The number of fused-ring (bicyclic) bond motifs is 1. The lowest BCUT2D eigenvalue weighted by Crippen LogP contribution is -1.94. The van der Waals surface area contributed by atoms with Gasteiger partial charge in [0.15, 0.2) is 0 Å². The molecule has 2 N–H and O–H groups in total. The summed E-state index contributed by atoms with van der Waals surface area (Å²) in [6.07, 6.45) is 4.26. The van der Waals surface area contributed by atoms with E-state index in [1.54, 1.807) is 18.2 Å². The molecule has 1 aromatic rings. The number of ether oxygens (including phenoxy) is 1. The summed E-state index contributed by atoms with van der Waals surface area (Å²) in [6, 6.07) is 3.25. The maximum absolute atomic E-state index is 13.4. The Hall–Kier alpha value is -1.35. The summed E-state index contributed by atoms with van der Waals surface area (Å²) in [4.78, 5) is 0. The number of nitrogens with two attached hydrogens (primary N) is 1. The summed E-state index contributed by atoms with van der Waals surface area (Å²) in [7, 11) is 0. The molecule has 1 aliphatic heterocycles. The topological polar surface area (TPSA) is 35.2 Å². The molecule has 2 nitrogen and oxygen atoms in total. The van der Waals surface area contributed by atoms with E-state index < -0.39 is 0 Å². The van der Waals surface area contributed by atoms with Crippen LogP contribution in [-0.2, 0) is 6.42 Å². The van der Waals surface area contributed by atoms with E-state index in [1.807, 2.05) is 0 Å². The SMILES string of the molecule is NC/C=C/c1c(F)ccc2c1OCC2. The second-order valence-electron chi connectivity index (χ2n) is 3.19. The van der Waals surface area contributed by atoms with Crippen molar-refractivity contribution < 1.29 is 9.13 Å². The van der Waals surface area contributed by atoms with Gasteiger partial charge in [0.05, 0.1) is 12.2 Å². The smallest absolute Gasteiger partial charge is 0.134 e. The molecule has 0 aromatic heterocycles. The van der Waals surface area contributed by atoms with Gasteiger partial charge in [-0.1, -0.05) is 18.2 Å². The van der Waals surface area contributed by atoms with Crippen molar-refractivity contribution in [3.63, 3.8) is 0 Å². The average molecular weight is 193 g/mol. The third-order valence-electron chi connectivity index (χ3n) is 2.26. The number of rotatable bonds is 2. The van der Waals surface area contributed by atoms with Crippen LogP contribution in [-0.4, -0.2) is 13.2 Å². The molecule has 1 heterocycles. The van der Waals surface area contributed by atoms with Crippen LogP contribution in [0.5, 0.6) is 5.75 Å². The summed E-state index contributed by atoms with van der Waals surface area (Å²) in [5.41, 5.74) is 6.91. The van der Waals surface area contributed by atoms with Gasteiger partial charge in [-0.2, -0.15) is 0 Å². The normalized spacial score (nSPS) is 14.4. The fraction of sp³-hybridized carbons (Fsp3) is 0.273. The lowest BCUT2D eigenvalue weighted by atomic mass is 10.1. The summed E-state index contributed by atoms with van der Waals surface area (Å²) >= 11 is 0. The molecule has 0 saturated heterocycles. The summed E-state index contributed by atoms with van der Waals surface area (Å²) < 4.78 is 18.8. The van der Waals surface area contributed by atoms with Gasteiger partial charge >= 0.3 is 0 Å². The van der Waals surface area contributed by atoms with Crippen molar-refractivity contribution in [2.75, 3.05) is 13.2 Å². The highest BCUT2D eigenvalue weighted by Crippen LogP contribution is 2.32. The third kappa shape index (κ3) is 1.51. The van der Waals surface area contributed by atoms with Crippen LogP contribution in [0.2, 0.25) is 0 Å². The van der Waals surface area contributed by atoms with Crippen LogP contribution >= 0.6 is 0 Å². The van der Waals surface area contributed by atoms with Crippen LogP contribution in [0.15, 0.2) is 18.2 Å². The van der Waals surface area contributed by atoms with Gasteiger partial charge in [-0.05, 0) is 11.6 Å². The molecule has 1 aliphatic rings. The Morgan fingerprint density at radius 2 is 2.36 bits per heavy atom. The first-order chi connectivity index (χ1) is 6.83. The molecular weight excluding hydrogens is 181 g/mol. The highest BCUT2D eigenvalue weighted by atomic mass is 19.1. The molecule has 0 amide bonds. The minimum Gasteiger partial charge on any atom is -0.492 e. The molecule has 3 heteroatoms. The molecule has 14 heavy (non-hydrogen) atoms. The highest BCUT2D eigenvalue weighted by Gasteiger charge is 2.17. The van der Waals surface area contributed by atoms with Gasteiger partial charge in [0.25, 0.3) is 0 Å². The van der Waals surface area contributed by atoms with Gasteiger partial charge in [-0.25, -0.2) is 4.39 Å². The van der Waals surface area contributed by atoms with Crippen molar-refractivity contribution in [1.29, 1.82) is 0 Å². The van der Waals surface area contributed by atoms with Crippen LogP contribution < -0.4 is 10.5 Å². The van der Waals surface area contributed by atoms with E-state index in [0.717, 1.165) is 12.0 Å². The monoisotopic (exact) mass is 193 g/mol. The highest BCUT2D eigenvalue weighted by molar-refractivity contribution is 5.61. The molecule has 0 spiro atoms. The Balaban J connectivity index is 2.46. The van der Waals surface area contributed by atoms with Crippen molar-refractivity contribution in [2.24, 2.45) is 5.73 Å². The van der Waals surface area contributed by atoms with Crippen molar-refractivity contribution in [3.8, 4) is 5.75 Å². The molecule has 0 aliphatic carbocycles. The maximum atomic E-state index is 13.4. The van der Waals surface area contributed by atoms with Crippen molar-refractivity contribution in [1.82, 2.24) is 0 Å². The fourth-order valence-electron chi connectivity index (χ4n) is 1.59. The van der Waals surface area contributed by atoms with Crippen molar-refractivity contribution in [2.45, 2.75) is 6.42 Å². The zero-order valence-corrected chi connectivity index (χ0v) is 7.79. The minimum absolute atomic E-state index is 0.254. The van der Waals surface area contributed by atoms with Crippen LogP contribution in [0.1, 0.15) is 11.1 Å². The van der Waals surface area contributed by atoms with Gasteiger partial charge in [0.1, 0.15) is 11.6 Å². The van der Waals surface area contributed by atoms with E-state index in [4.69, 9.17) is 10.5 Å². The molecule has 1 aromatic carbocycles. The molecular formula is C11H12FNO. The number of hydrogen-bond donors (Lipinski definition) is 1. The average Bonchev–Trinajstić information content (AvgIpc) is 2.64. The summed E-state index contributed by atoms with van der Waals surface area (Å²) in [5, 5.41) is 0. The molecule has 0 bridgehead atoms. The Kier molecular flexibility index (Phi) is 2.50. The Bertz CT molecular complexity index is 374.